The lowest BCUT2D eigenvalue weighted by Gasteiger charge is -2.24. The quantitative estimate of drug-likeness (QED) is 0.774. The van der Waals surface area contributed by atoms with Gasteiger partial charge in [0, 0.05) is 13.0 Å². The number of benzene rings is 1. The van der Waals surface area contributed by atoms with E-state index in [4.69, 9.17) is 0 Å². The minimum Gasteiger partial charge on any atom is -0.356 e. The number of rotatable bonds is 1. The number of hydrogen-bond donors (Lipinski definition) is 1. The SMILES string of the molecule is N#CC1(c2ccccc2)CCNC(=O)CC1. The Labute approximate surface area is 95.1 Å². The molecule has 0 bridgehead atoms. The van der Waals surface area contributed by atoms with E-state index in [-0.39, 0.29) is 5.91 Å². The van der Waals surface area contributed by atoms with E-state index in [2.05, 4.69) is 11.4 Å². The van der Waals surface area contributed by atoms with Crippen LogP contribution in [0.15, 0.2) is 30.3 Å². The van der Waals surface area contributed by atoms with Crippen molar-refractivity contribution in [3.05, 3.63) is 35.9 Å². The second-order valence-corrected chi connectivity index (χ2v) is 4.16. The molecule has 1 heterocycles. The summed E-state index contributed by atoms with van der Waals surface area (Å²) < 4.78 is 0. The van der Waals surface area contributed by atoms with Gasteiger partial charge < -0.3 is 5.32 Å². The number of carbonyl (C=O) groups excluding carboxylic acids is 1. The Bertz CT molecular complexity index is 421. The average molecular weight is 214 g/mol. The Kier molecular flexibility index (Phi) is 2.91. The molecule has 82 valence electrons. The van der Waals surface area contributed by atoms with E-state index in [0.29, 0.717) is 25.8 Å². The van der Waals surface area contributed by atoms with Crippen molar-refractivity contribution in [2.24, 2.45) is 0 Å². The summed E-state index contributed by atoms with van der Waals surface area (Å²) in [6, 6.07) is 12.2. The third kappa shape index (κ3) is 1.92. The fourth-order valence-electron chi connectivity index (χ4n) is 2.18. The minimum atomic E-state index is -0.500. The van der Waals surface area contributed by atoms with Gasteiger partial charge in [-0.15, -0.1) is 0 Å². The van der Waals surface area contributed by atoms with E-state index < -0.39 is 5.41 Å². The molecule has 1 fully saturated rings. The van der Waals surface area contributed by atoms with E-state index in [1.165, 1.54) is 0 Å². The molecule has 1 aliphatic heterocycles. The number of amides is 1. The maximum Gasteiger partial charge on any atom is 0.220 e. The Morgan fingerprint density at radius 2 is 2.00 bits per heavy atom. The number of hydrogen-bond acceptors (Lipinski definition) is 2. The van der Waals surface area contributed by atoms with Gasteiger partial charge in [0.1, 0.15) is 0 Å². The van der Waals surface area contributed by atoms with Crippen molar-refractivity contribution < 1.29 is 4.79 Å². The fraction of sp³-hybridized carbons (Fsp3) is 0.385. The van der Waals surface area contributed by atoms with Gasteiger partial charge in [-0.3, -0.25) is 4.79 Å². The molecule has 0 aliphatic carbocycles. The van der Waals surface area contributed by atoms with Gasteiger partial charge in [-0.1, -0.05) is 30.3 Å². The highest BCUT2D eigenvalue weighted by Crippen LogP contribution is 2.33. The summed E-state index contributed by atoms with van der Waals surface area (Å²) in [5, 5.41) is 12.2. The Morgan fingerprint density at radius 1 is 1.25 bits per heavy atom. The summed E-state index contributed by atoms with van der Waals surface area (Å²) in [4.78, 5) is 11.3. The lowest BCUT2D eigenvalue weighted by atomic mass is 9.76. The zero-order chi connectivity index (χ0) is 11.4. The summed E-state index contributed by atoms with van der Waals surface area (Å²) in [5.74, 6) is 0.0491. The summed E-state index contributed by atoms with van der Waals surface area (Å²) in [5.41, 5.74) is 0.523. The average Bonchev–Trinajstić information content (AvgIpc) is 2.53. The molecule has 1 amide bonds. The number of nitriles is 1. The Hall–Kier alpha value is -1.82. The molecule has 1 aromatic rings. The van der Waals surface area contributed by atoms with Crippen molar-refractivity contribution in [2.45, 2.75) is 24.7 Å². The van der Waals surface area contributed by atoms with Crippen LogP contribution in [-0.2, 0) is 10.2 Å². The van der Waals surface area contributed by atoms with E-state index >= 15 is 0 Å². The molecule has 3 nitrogen and oxygen atoms in total. The molecular formula is C13H14N2O. The first-order valence-electron chi connectivity index (χ1n) is 5.50. The predicted octanol–water partition coefficient (Wildman–Crippen LogP) is 1.75. The number of nitrogens with one attached hydrogen (secondary N) is 1. The fourth-order valence-corrected chi connectivity index (χ4v) is 2.18. The normalized spacial score (nSPS) is 25.3. The van der Waals surface area contributed by atoms with Crippen molar-refractivity contribution in [1.29, 1.82) is 5.26 Å². The van der Waals surface area contributed by atoms with E-state index in [1.807, 2.05) is 30.3 Å². The minimum absolute atomic E-state index is 0.0491. The first-order chi connectivity index (χ1) is 7.77. The van der Waals surface area contributed by atoms with Gasteiger partial charge in [0.2, 0.25) is 5.91 Å². The molecular weight excluding hydrogens is 200 g/mol. The molecule has 1 unspecified atom stereocenters. The molecule has 1 aliphatic rings. The molecule has 16 heavy (non-hydrogen) atoms. The van der Waals surface area contributed by atoms with Gasteiger partial charge in [0.05, 0.1) is 11.5 Å². The van der Waals surface area contributed by atoms with Gasteiger partial charge in [0.15, 0.2) is 0 Å². The summed E-state index contributed by atoms with van der Waals surface area (Å²) in [7, 11) is 0. The second-order valence-electron chi connectivity index (χ2n) is 4.16. The Morgan fingerprint density at radius 3 is 2.69 bits per heavy atom. The van der Waals surface area contributed by atoms with E-state index in [1.54, 1.807) is 0 Å². The van der Waals surface area contributed by atoms with Gasteiger partial charge >= 0.3 is 0 Å². The lowest BCUT2D eigenvalue weighted by Crippen LogP contribution is -2.26. The van der Waals surface area contributed by atoms with Crippen LogP contribution in [-0.4, -0.2) is 12.5 Å². The molecule has 3 heteroatoms. The van der Waals surface area contributed by atoms with Crippen molar-refractivity contribution in [2.75, 3.05) is 6.54 Å². The van der Waals surface area contributed by atoms with Crippen LogP contribution in [0.25, 0.3) is 0 Å². The molecule has 0 spiro atoms. The van der Waals surface area contributed by atoms with Gasteiger partial charge in [-0.2, -0.15) is 5.26 Å². The van der Waals surface area contributed by atoms with Gasteiger partial charge in [-0.25, -0.2) is 0 Å². The summed E-state index contributed by atoms with van der Waals surface area (Å²) in [6.07, 6.45) is 1.74. The summed E-state index contributed by atoms with van der Waals surface area (Å²) >= 11 is 0. The molecule has 1 aromatic carbocycles. The van der Waals surface area contributed by atoms with Crippen molar-refractivity contribution >= 4 is 5.91 Å². The zero-order valence-corrected chi connectivity index (χ0v) is 9.07. The van der Waals surface area contributed by atoms with Crippen LogP contribution in [0.2, 0.25) is 0 Å². The third-order valence-electron chi connectivity index (χ3n) is 3.19. The molecule has 1 saturated heterocycles. The van der Waals surface area contributed by atoms with Crippen LogP contribution < -0.4 is 5.32 Å². The molecule has 0 aromatic heterocycles. The number of nitrogens with zero attached hydrogens (tertiary/aromatic N) is 1. The van der Waals surface area contributed by atoms with Crippen LogP contribution in [0, 0.1) is 11.3 Å². The van der Waals surface area contributed by atoms with Crippen LogP contribution in [0.5, 0.6) is 0 Å². The molecule has 1 N–H and O–H groups in total. The third-order valence-corrected chi connectivity index (χ3v) is 3.19. The molecule has 2 rings (SSSR count). The topological polar surface area (TPSA) is 52.9 Å². The molecule has 1 atom stereocenters. The first kappa shape index (κ1) is 10.7. The van der Waals surface area contributed by atoms with Crippen LogP contribution >= 0.6 is 0 Å². The highest BCUT2D eigenvalue weighted by molar-refractivity contribution is 5.76. The first-order valence-corrected chi connectivity index (χ1v) is 5.50. The molecule has 0 saturated carbocycles. The van der Waals surface area contributed by atoms with Crippen LogP contribution in [0.1, 0.15) is 24.8 Å². The smallest absolute Gasteiger partial charge is 0.220 e. The van der Waals surface area contributed by atoms with E-state index in [9.17, 15) is 10.1 Å². The highest BCUT2D eigenvalue weighted by Gasteiger charge is 2.34. The number of carbonyl (C=O) groups is 1. The maximum absolute atomic E-state index is 11.3. The van der Waals surface area contributed by atoms with Crippen molar-refractivity contribution in [1.82, 2.24) is 5.32 Å². The second kappa shape index (κ2) is 4.36. The van der Waals surface area contributed by atoms with Crippen molar-refractivity contribution in [3.63, 3.8) is 0 Å². The van der Waals surface area contributed by atoms with Gasteiger partial charge in [-0.05, 0) is 18.4 Å². The maximum atomic E-state index is 11.3. The standard InChI is InChI=1S/C13H14N2O/c14-10-13(11-4-2-1-3-5-11)7-6-12(16)15-9-8-13/h1-5H,6-9H2,(H,15,16). The van der Waals surface area contributed by atoms with E-state index in [0.717, 1.165) is 5.56 Å². The Balaban J connectivity index is 2.33. The predicted molar refractivity (Wildman–Crippen MR) is 60.6 cm³/mol. The highest BCUT2D eigenvalue weighted by atomic mass is 16.1. The monoisotopic (exact) mass is 214 g/mol. The van der Waals surface area contributed by atoms with Gasteiger partial charge in [0.25, 0.3) is 0 Å². The molecule has 0 radical (unpaired) electrons. The summed E-state index contributed by atoms with van der Waals surface area (Å²) in [6.45, 7) is 0.585. The van der Waals surface area contributed by atoms with Crippen LogP contribution in [0.3, 0.4) is 0 Å². The lowest BCUT2D eigenvalue weighted by molar-refractivity contribution is -0.120. The van der Waals surface area contributed by atoms with Crippen LogP contribution in [0.4, 0.5) is 0 Å². The zero-order valence-electron chi connectivity index (χ0n) is 9.07. The largest absolute Gasteiger partial charge is 0.356 e. The van der Waals surface area contributed by atoms with Crippen molar-refractivity contribution in [3.8, 4) is 6.07 Å².